The first-order chi connectivity index (χ1) is 9.38. The van der Waals surface area contributed by atoms with Gasteiger partial charge in [0, 0.05) is 19.0 Å². The molecule has 0 radical (unpaired) electrons. The quantitative estimate of drug-likeness (QED) is 0.705. The van der Waals surface area contributed by atoms with Crippen molar-refractivity contribution in [2.45, 2.75) is 23.8 Å². The van der Waals surface area contributed by atoms with Crippen molar-refractivity contribution < 1.29 is 23.1 Å². The van der Waals surface area contributed by atoms with Crippen LogP contribution in [-0.4, -0.2) is 38.0 Å². The fraction of sp³-hybridized carbons (Fsp3) is 0.333. The zero-order valence-corrected chi connectivity index (χ0v) is 11.3. The van der Waals surface area contributed by atoms with E-state index >= 15 is 0 Å². The van der Waals surface area contributed by atoms with Gasteiger partial charge >= 0.3 is 5.97 Å². The molecular formula is C12H14N2O5S. The van der Waals surface area contributed by atoms with E-state index in [1.807, 2.05) is 0 Å². The molecule has 1 fully saturated rings. The molecule has 1 aromatic rings. The second-order valence-corrected chi connectivity index (χ2v) is 6.25. The Balaban J connectivity index is 2.08. The van der Waals surface area contributed by atoms with Gasteiger partial charge in [0.1, 0.15) is 0 Å². The number of nitrogens with one attached hydrogen (secondary N) is 2. The number of sulfonamides is 1. The summed E-state index contributed by atoms with van der Waals surface area (Å²) in [6, 6.07) is 4.88. The van der Waals surface area contributed by atoms with E-state index in [4.69, 9.17) is 5.11 Å². The van der Waals surface area contributed by atoms with Crippen LogP contribution in [0.2, 0.25) is 0 Å². The van der Waals surface area contributed by atoms with E-state index in [1.165, 1.54) is 18.2 Å². The number of carboxylic acids is 1. The van der Waals surface area contributed by atoms with Crippen LogP contribution in [0, 0.1) is 0 Å². The predicted octanol–water partition coefficient (Wildman–Crippen LogP) is -0.0583. The molecule has 108 valence electrons. The Morgan fingerprint density at radius 2 is 2.20 bits per heavy atom. The Kier molecular flexibility index (Phi) is 4.05. The Hall–Kier alpha value is -1.93. The van der Waals surface area contributed by atoms with Gasteiger partial charge in [0.05, 0.1) is 10.5 Å². The number of carbonyl (C=O) groups excluding carboxylic acids is 1. The molecule has 1 aliphatic heterocycles. The Morgan fingerprint density at radius 3 is 2.80 bits per heavy atom. The van der Waals surface area contributed by atoms with Crippen LogP contribution in [0.3, 0.4) is 0 Å². The van der Waals surface area contributed by atoms with Gasteiger partial charge in [-0.1, -0.05) is 6.07 Å². The second-order valence-electron chi connectivity index (χ2n) is 4.49. The van der Waals surface area contributed by atoms with Gasteiger partial charge in [-0.05, 0) is 24.6 Å². The van der Waals surface area contributed by atoms with E-state index in [9.17, 15) is 18.0 Å². The monoisotopic (exact) mass is 298 g/mol. The van der Waals surface area contributed by atoms with Gasteiger partial charge in [0.25, 0.3) is 0 Å². The molecule has 0 saturated carbocycles. The van der Waals surface area contributed by atoms with E-state index in [0.717, 1.165) is 6.07 Å². The molecule has 1 heterocycles. The van der Waals surface area contributed by atoms with Crippen LogP contribution in [0.5, 0.6) is 0 Å². The largest absolute Gasteiger partial charge is 0.478 e. The Bertz CT molecular complexity index is 641. The molecule has 0 aliphatic carbocycles. The van der Waals surface area contributed by atoms with Gasteiger partial charge in [-0.3, -0.25) is 4.79 Å². The summed E-state index contributed by atoms with van der Waals surface area (Å²) in [4.78, 5) is 21.7. The Labute approximate surface area is 116 Å². The van der Waals surface area contributed by atoms with Gasteiger partial charge in [0.15, 0.2) is 0 Å². The third kappa shape index (κ3) is 3.34. The fourth-order valence-corrected chi connectivity index (χ4v) is 3.05. The van der Waals surface area contributed by atoms with Crippen molar-refractivity contribution >= 4 is 21.9 Å². The van der Waals surface area contributed by atoms with Crippen molar-refractivity contribution in [2.75, 3.05) is 6.54 Å². The van der Waals surface area contributed by atoms with Crippen molar-refractivity contribution in [1.29, 1.82) is 0 Å². The standard InChI is InChI=1S/C12H14N2O5S/c15-11-5-4-9(14-11)7-13-20(18,19)10-3-1-2-8(6-10)12(16)17/h1-3,6,9,13H,4-5,7H2,(H,14,15)(H,16,17). The van der Waals surface area contributed by atoms with E-state index in [0.29, 0.717) is 12.8 Å². The summed E-state index contributed by atoms with van der Waals surface area (Å²) in [6.45, 7) is 0.0887. The maximum absolute atomic E-state index is 12.0. The van der Waals surface area contributed by atoms with E-state index in [1.54, 1.807) is 0 Å². The molecule has 0 bridgehead atoms. The minimum atomic E-state index is -3.79. The molecule has 2 rings (SSSR count). The lowest BCUT2D eigenvalue weighted by atomic mass is 10.2. The normalized spacial score (nSPS) is 18.8. The molecule has 1 atom stereocenters. The number of hydrogen-bond acceptors (Lipinski definition) is 4. The maximum atomic E-state index is 12.0. The highest BCUT2D eigenvalue weighted by Gasteiger charge is 2.23. The smallest absolute Gasteiger partial charge is 0.335 e. The number of aromatic carboxylic acids is 1. The third-order valence-corrected chi connectivity index (χ3v) is 4.42. The van der Waals surface area contributed by atoms with Crippen molar-refractivity contribution in [3.05, 3.63) is 29.8 Å². The first kappa shape index (κ1) is 14.5. The summed E-state index contributed by atoms with van der Waals surface area (Å²) < 4.78 is 26.4. The third-order valence-electron chi connectivity index (χ3n) is 3.00. The summed E-state index contributed by atoms with van der Waals surface area (Å²) in [5.74, 6) is -1.29. The van der Waals surface area contributed by atoms with Crippen LogP contribution >= 0.6 is 0 Å². The number of carboxylic acid groups (broad SMARTS) is 1. The number of rotatable bonds is 5. The van der Waals surface area contributed by atoms with Crippen molar-refractivity contribution in [1.82, 2.24) is 10.0 Å². The fourth-order valence-electron chi connectivity index (χ4n) is 1.92. The minimum absolute atomic E-state index is 0.0887. The molecule has 3 N–H and O–H groups in total. The molecule has 1 aromatic carbocycles. The molecule has 1 saturated heterocycles. The highest BCUT2D eigenvalue weighted by molar-refractivity contribution is 7.89. The average Bonchev–Trinajstić information content (AvgIpc) is 2.82. The molecular weight excluding hydrogens is 284 g/mol. The summed E-state index contributed by atoms with van der Waals surface area (Å²) in [5.41, 5.74) is -0.0953. The molecule has 8 heteroatoms. The van der Waals surface area contributed by atoms with Crippen LogP contribution in [0.25, 0.3) is 0 Å². The number of benzene rings is 1. The maximum Gasteiger partial charge on any atom is 0.335 e. The lowest BCUT2D eigenvalue weighted by Crippen LogP contribution is -2.38. The van der Waals surface area contributed by atoms with E-state index in [2.05, 4.69) is 10.0 Å². The van der Waals surface area contributed by atoms with Gasteiger partial charge < -0.3 is 10.4 Å². The molecule has 7 nitrogen and oxygen atoms in total. The van der Waals surface area contributed by atoms with Crippen molar-refractivity contribution in [3.8, 4) is 0 Å². The highest BCUT2D eigenvalue weighted by atomic mass is 32.2. The zero-order valence-electron chi connectivity index (χ0n) is 10.5. The van der Waals surface area contributed by atoms with Crippen molar-refractivity contribution in [2.24, 2.45) is 0 Å². The van der Waals surface area contributed by atoms with Gasteiger partial charge in [-0.15, -0.1) is 0 Å². The zero-order chi connectivity index (χ0) is 14.8. The Morgan fingerprint density at radius 1 is 1.45 bits per heavy atom. The minimum Gasteiger partial charge on any atom is -0.478 e. The lowest BCUT2D eigenvalue weighted by molar-refractivity contribution is -0.119. The number of amides is 1. The molecule has 20 heavy (non-hydrogen) atoms. The molecule has 1 amide bonds. The number of hydrogen-bond donors (Lipinski definition) is 3. The van der Waals surface area contributed by atoms with Crippen molar-refractivity contribution in [3.63, 3.8) is 0 Å². The SMILES string of the molecule is O=C1CCC(CNS(=O)(=O)c2cccc(C(=O)O)c2)N1. The van der Waals surface area contributed by atoms with Gasteiger partial charge in [-0.25, -0.2) is 17.9 Å². The second kappa shape index (κ2) is 5.59. The summed E-state index contributed by atoms with van der Waals surface area (Å²) in [6.07, 6.45) is 0.970. The van der Waals surface area contributed by atoms with Crippen LogP contribution < -0.4 is 10.0 Å². The van der Waals surface area contributed by atoms with Gasteiger partial charge in [-0.2, -0.15) is 0 Å². The first-order valence-corrected chi connectivity index (χ1v) is 7.49. The lowest BCUT2D eigenvalue weighted by Gasteiger charge is -2.12. The van der Waals surface area contributed by atoms with Crippen LogP contribution in [0.1, 0.15) is 23.2 Å². The topological polar surface area (TPSA) is 113 Å². The number of carbonyl (C=O) groups is 2. The molecule has 1 aliphatic rings. The summed E-state index contributed by atoms with van der Waals surface area (Å²) in [5, 5.41) is 11.5. The van der Waals surface area contributed by atoms with Crippen LogP contribution in [0.15, 0.2) is 29.2 Å². The van der Waals surface area contributed by atoms with Crippen LogP contribution in [-0.2, 0) is 14.8 Å². The van der Waals surface area contributed by atoms with Gasteiger partial charge in [0.2, 0.25) is 15.9 Å². The average molecular weight is 298 g/mol. The molecule has 0 spiro atoms. The molecule has 1 unspecified atom stereocenters. The highest BCUT2D eigenvalue weighted by Crippen LogP contribution is 2.12. The summed E-state index contributed by atoms with van der Waals surface area (Å²) >= 11 is 0. The molecule has 0 aromatic heterocycles. The first-order valence-electron chi connectivity index (χ1n) is 6.01. The van der Waals surface area contributed by atoms with Crippen LogP contribution in [0.4, 0.5) is 0 Å². The van der Waals surface area contributed by atoms with E-state index in [-0.39, 0.29) is 29.0 Å². The summed E-state index contributed by atoms with van der Waals surface area (Å²) in [7, 11) is -3.79. The predicted molar refractivity (Wildman–Crippen MR) is 69.8 cm³/mol. The van der Waals surface area contributed by atoms with E-state index < -0.39 is 16.0 Å².